The van der Waals surface area contributed by atoms with Crippen molar-refractivity contribution in [1.82, 2.24) is 0 Å². The van der Waals surface area contributed by atoms with E-state index in [9.17, 15) is 17.6 Å². The second kappa shape index (κ2) is 6.21. The van der Waals surface area contributed by atoms with Gasteiger partial charge in [-0.15, -0.1) is 0 Å². The Morgan fingerprint density at radius 2 is 1.62 bits per heavy atom. The van der Waals surface area contributed by atoms with Gasteiger partial charge in [-0.2, -0.15) is 0 Å². The molecule has 1 aliphatic rings. The minimum atomic E-state index is -3.34. The zero-order valence-corrected chi connectivity index (χ0v) is 15.9. The van der Waals surface area contributed by atoms with Crippen LogP contribution in [-0.4, -0.2) is 26.1 Å². The third-order valence-corrected chi connectivity index (χ3v) is 5.53. The molecule has 0 bridgehead atoms. The standard InChI is InChI=1S/C19H16ClFO4S/c1-19(2)18(22)16(12-6-9-15(21)14(20)10-12)17(25-19)11-4-7-13(8-5-11)26(3,23)24/h4-10H,1-3H3. The second-order valence-electron chi connectivity index (χ2n) is 6.57. The Morgan fingerprint density at radius 3 is 2.15 bits per heavy atom. The Labute approximate surface area is 156 Å². The predicted octanol–water partition coefficient (Wildman–Crippen LogP) is 4.13. The molecule has 0 saturated heterocycles. The lowest BCUT2D eigenvalue weighted by Gasteiger charge is -2.17. The van der Waals surface area contributed by atoms with Crippen molar-refractivity contribution in [2.75, 3.05) is 6.26 Å². The summed E-state index contributed by atoms with van der Waals surface area (Å²) in [5, 5.41) is -0.0979. The fourth-order valence-electron chi connectivity index (χ4n) is 2.73. The number of rotatable bonds is 3. The van der Waals surface area contributed by atoms with Gasteiger partial charge in [0.1, 0.15) is 11.6 Å². The van der Waals surface area contributed by atoms with Crippen LogP contribution in [-0.2, 0) is 19.4 Å². The highest BCUT2D eigenvalue weighted by Gasteiger charge is 2.42. The van der Waals surface area contributed by atoms with E-state index in [1.165, 1.54) is 30.3 Å². The molecule has 0 atom stereocenters. The van der Waals surface area contributed by atoms with E-state index >= 15 is 0 Å². The van der Waals surface area contributed by atoms with E-state index in [1.807, 2.05) is 0 Å². The molecule has 0 amide bonds. The van der Waals surface area contributed by atoms with Crippen LogP contribution in [0.15, 0.2) is 47.4 Å². The van der Waals surface area contributed by atoms with Gasteiger partial charge in [-0.05, 0) is 55.8 Å². The van der Waals surface area contributed by atoms with Crippen molar-refractivity contribution in [3.05, 3.63) is 64.4 Å². The third-order valence-electron chi connectivity index (χ3n) is 4.11. The Morgan fingerprint density at radius 1 is 1.04 bits per heavy atom. The smallest absolute Gasteiger partial charge is 0.210 e. The minimum absolute atomic E-state index is 0.0979. The van der Waals surface area contributed by atoms with Crippen molar-refractivity contribution in [2.24, 2.45) is 0 Å². The second-order valence-corrected chi connectivity index (χ2v) is 8.99. The van der Waals surface area contributed by atoms with E-state index < -0.39 is 21.3 Å². The molecule has 1 heterocycles. The molecule has 136 valence electrons. The first-order valence-corrected chi connectivity index (χ1v) is 10.0. The van der Waals surface area contributed by atoms with E-state index in [1.54, 1.807) is 26.0 Å². The molecular weight excluding hydrogens is 379 g/mol. The van der Waals surface area contributed by atoms with E-state index in [4.69, 9.17) is 16.3 Å². The summed E-state index contributed by atoms with van der Waals surface area (Å²) in [7, 11) is -3.34. The van der Waals surface area contributed by atoms with Gasteiger partial charge in [-0.1, -0.05) is 17.7 Å². The topological polar surface area (TPSA) is 60.4 Å². The number of hydrogen-bond acceptors (Lipinski definition) is 4. The molecule has 3 rings (SSSR count). The van der Waals surface area contributed by atoms with Crippen LogP contribution in [0.25, 0.3) is 11.3 Å². The van der Waals surface area contributed by atoms with Crippen LogP contribution in [0.3, 0.4) is 0 Å². The van der Waals surface area contributed by atoms with Gasteiger partial charge < -0.3 is 4.74 Å². The molecule has 0 aliphatic carbocycles. The van der Waals surface area contributed by atoms with Crippen LogP contribution in [0.4, 0.5) is 4.39 Å². The van der Waals surface area contributed by atoms with Crippen molar-refractivity contribution in [3.8, 4) is 0 Å². The van der Waals surface area contributed by atoms with Crippen LogP contribution in [0.2, 0.25) is 5.02 Å². The molecule has 2 aromatic carbocycles. The normalized spacial score (nSPS) is 16.7. The fraction of sp³-hybridized carbons (Fsp3) is 0.211. The lowest BCUT2D eigenvalue weighted by molar-refractivity contribution is -0.125. The average Bonchev–Trinajstić information content (AvgIpc) is 2.80. The van der Waals surface area contributed by atoms with Gasteiger partial charge in [0.2, 0.25) is 5.78 Å². The monoisotopic (exact) mass is 394 g/mol. The Bertz CT molecular complexity index is 1040. The number of hydrogen-bond donors (Lipinski definition) is 0. The quantitative estimate of drug-likeness (QED) is 0.785. The van der Waals surface area contributed by atoms with Crippen LogP contribution in [0.5, 0.6) is 0 Å². The highest BCUT2D eigenvalue weighted by Crippen LogP contribution is 2.42. The van der Waals surface area contributed by atoms with Crippen molar-refractivity contribution >= 4 is 38.6 Å². The van der Waals surface area contributed by atoms with E-state index in [-0.39, 0.29) is 21.3 Å². The SMILES string of the molecule is CC1(C)OC(c2ccc(S(C)(=O)=O)cc2)=C(c2ccc(F)c(Cl)c2)C1=O. The molecule has 0 aromatic heterocycles. The maximum atomic E-state index is 13.5. The summed E-state index contributed by atoms with van der Waals surface area (Å²) in [4.78, 5) is 13.0. The molecule has 0 radical (unpaired) electrons. The van der Waals surface area contributed by atoms with Gasteiger partial charge in [-0.25, -0.2) is 12.8 Å². The number of Topliss-reactive ketones (excluding diaryl/α,β-unsaturated/α-hetero) is 1. The molecule has 1 aliphatic heterocycles. The third kappa shape index (κ3) is 3.27. The summed E-state index contributed by atoms with van der Waals surface area (Å²) in [6, 6.07) is 10.1. The first-order valence-electron chi connectivity index (χ1n) is 7.75. The first kappa shape index (κ1) is 18.6. The fourth-order valence-corrected chi connectivity index (χ4v) is 3.54. The maximum absolute atomic E-state index is 13.5. The Hall–Kier alpha value is -2.18. The highest BCUT2D eigenvalue weighted by molar-refractivity contribution is 7.90. The maximum Gasteiger partial charge on any atom is 0.210 e. The summed E-state index contributed by atoms with van der Waals surface area (Å²) in [5.74, 6) is -0.536. The summed E-state index contributed by atoms with van der Waals surface area (Å²) in [5.41, 5.74) is 0.172. The summed E-state index contributed by atoms with van der Waals surface area (Å²) in [6.07, 6.45) is 1.12. The van der Waals surface area contributed by atoms with Crippen LogP contribution in [0, 0.1) is 5.82 Å². The molecule has 0 fully saturated rings. The van der Waals surface area contributed by atoms with Gasteiger partial charge in [-0.3, -0.25) is 4.79 Å². The largest absolute Gasteiger partial charge is 0.478 e. The number of halogens is 2. The number of ether oxygens (including phenoxy) is 1. The molecule has 0 saturated carbocycles. The minimum Gasteiger partial charge on any atom is -0.478 e. The summed E-state index contributed by atoms with van der Waals surface area (Å²) in [6.45, 7) is 3.27. The molecular formula is C19H16ClFO4S. The Balaban J connectivity index is 2.18. The molecule has 0 spiro atoms. The van der Waals surface area contributed by atoms with Gasteiger partial charge >= 0.3 is 0 Å². The summed E-state index contributed by atoms with van der Waals surface area (Å²) >= 11 is 5.86. The lowest BCUT2D eigenvalue weighted by atomic mass is 9.92. The van der Waals surface area contributed by atoms with Crippen molar-refractivity contribution < 1.29 is 22.3 Å². The zero-order valence-electron chi connectivity index (χ0n) is 14.3. The number of carbonyl (C=O) groups excluding carboxylic acids is 1. The van der Waals surface area contributed by atoms with Gasteiger partial charge in [0, 0.05) is 11.8 Å². The van der Waals surface area contributed by atoms with E-state index in [0.717, 1.165) is 6.26 Å². The molecule has 4 nitrogen and oxygen atoms in total. The highest BCUT2D eigenvalue weighted by atomic mass is 35.5. The molecule has 0 N–H and O–H groups in total. The number of benzene rings is 2. The van der Waals surface area contributed by atoms with Crippen molar-refractivity contribution in [2.45, 2.75) is 24.3 Å². The molecule has 7 heteroatoms. The molecule has 0 unspecified atom stereocenters. The Kier molecular flexibility index (Phi) is 4.45. The predicted molar refractivity (Wildman–Crippen MR) is 97.9 cm³/mol. The lowest BCUT2D eigenvalue weighted by Crippen LogP contribution is -2.29. The van der Waals surface area contributed by atoms with Crippen LogP contribution in [0.1, 0.15) is 25.0 Å². The van der Waals surface area contributed by atoms with Crippen molar-refractivity contribution in [3.63, 3.8) is 0 Å². The van der Waals surface area contributed by atoms with E-state index in [0.29, 0.717) is 16.9 Å². The van der Waals surface area contributed by atoms with Gasteiger partial charge in [0.25, 0.3) is 0 Å². The summed E-state index contributed by atoms with van der Waals surface area (Å²) < 4.78 is 42.6. The van der Waals surface area contributed by atoms with Crippen molar-refractivity contribution in [1.29, 1.82) is 0 Å². The average molecular weight is 395 g/mol. The zero-order chi connectivity index (χ0) is 19.3. The molecule has 26 heavy (non-hydrogen) atoms. The van der Waals surface area contributed by atoms with E-state index in [2.05, 4.69) is 0 Å². The number of carbonyl (C=O) groups is 1. The number of sulfone groups is 1. The molecule has 2 aromatic rings. The first-order chi connectivity index (χ1) is 12.0. The number of ketones is 1. The van der Waals surface area contributed by atoms with Gasteiger partial charge in [0.05, 0.1) is 15.5 Å². The van der Waals surface area contributed by atoms with Crippen LogP contribution >= 0.6 is 11.6 Å². The van der Waals surface area contributed by atoms with Crippen LogP contribution < -0.4 is 0 Å². The van der Waals surface area contributed by atoms with Gasteiger partial charge in [0.15, 0.2) is 15.4 Å².